The summed E-state index contributed by atoms with van der Waals surface area (Å²) in [6.07, 6.45) is 1.65. The van der Waals surface area contributed by atoms with Crippen LogP contribution in [0.1, 0.15) is 12.0 Å². The van der Waals surface area contributed by atoms with Gasteiger partial charge < -0.3 is 10.1 Å². The Labute approximate surface area is 173 Å². The lowest BCUT2D eigenvalue weighted by atomic mass is 10.2. The van der Waals surface area contributed by atoms with Crippen molar-refractivity contribution in [3.63, 3.8) is 0 Å². The van der Waals surface area contributed by atoms with Gasteiger partial charge in [0.15, 0.2) is 0 Å². The molecule has 3 aromatic carbocycles. The van der Waals surface area contributed by atoms with E-state index in [-0.39, 0.29) is 24.4 Å². The van der Waals surface area contributed by atoms with Crippen molar-refractivity contribution in [3.05, 3.63) is 95.0 Å². The highest BCUT2D eigenvalue weighted by atomic mass is 16.5. The molecule has 6 nitrogen and oxygen atoms in total. The number of aryl methyl sites for hydroxylation is 2. The van der Waals surface area contributed by atoms with Gasteiger partial charge in [0, 0.05) is 18.7 Å². The van der Waals surface area contributed by atoms with E-state index in [0.717, 1.165) is 11.3 Å². The lowest BCUT2D eigenvalue weighted by molar-refractivity contribution is -0.116. The van der Waals surface area contributed by atoms with Crippen molar-refractivity contribution >= 4 is 22.5 Å². The summed E-state index contributed by atoms with van der Waals surface area (Å²) in [5, 5.41) is 3.38. The first-order valence-electron chi connectivity index (χ1n) is 9.67. The second-order valence-electron chi connectivity index (χ2n) is 7.00. The summed E-state index contributed by atoms with van der Waals surface area (Å²) in [6, 6.07) is 22.1. The van der Waals surface area contributed by atoms with E-state index in [2.05, 4.69) is 10.3 Å². The number of amides is 1. The smallest absolute Gasteiger partial charge is 0.261 e. The van der Waals surface area contributed by atoms with Crippen molar-refractivity contribution in [2.24, 2.45) is 0 Å². The zero-order valence-corrected chi connectivity index (χ0v) is 16.5. The summed E-state index contributed by atoms with van der Waals surface area (Å²) >= 11 is 0. The van der Waals surface area contributed by atoms with Crippen LogP contribution >= 0.6 is 0 Å². The third-order valence-corrected chi connectivity index (χ3v) is 4.67. The Morgan fingerprint density at radius 2 is 1.80 bits per heavy atom. The Balaban J connectivity index is 1.35. The van der Waals surface area contributed by atoms with Crippen LogP contribution in [0.4, 0.5) is 5.69 Å². The van der Waals surface area contributed by atoms with Crippen LogP contribution in [0.15, 0.2) is 83.9 Å². The van der Waals surface area contributed by atoms with Gasteiger partial charge in [-0.3, -0.25) is 14.2 Å². The van der Waals surface area contributed by atoms with Gasteiger partial charge in [-0.1, -0.05) is 24.3 Å². The van der Waals surface area contributed by atoms with Crippen molar-refractivity contribution in [3.8, 4) is 11.5 Å². The summed E-state index contributed by atoms with van der Waals surface area (Å²) in [5.74, 6) is 1.27. The van der Waals surface area contributed by atoms with E-state index in [0.29, 0.717) is 22.3 Å². The van der Waals surface area contributed by atoms with Gasteiger partial charge in [-0.2, -0.15) is 0 Å². The average Bonchev–Trinajstić information content (AvgIpc) is 2.75. The van der Waals surface area contributed by atoms with Gasteiger partial charge in [-0.15, -0.1) is 0 Å². The van der Waals surface area contributed by atoms with Crippen LogP contribution in [-0.2, 0) is 11.3 Å². The number of nitrogens with zero attached hydrogens (tertiary/aromatic N) is 2. The fraction of sp³-hybridized carbons (Fsp3) is 0.125. The maximum absolute atomic E-state index is 12.5. The number of aromatic nitrogens is 2. The van der Waals surface area contributed by atoms with Crippen LogP contribution in [0.2, 0.25) is 0 Å². The van der Waals surface area contributed by atoms with Crippen molar-refractivity contribution in [2.45, 2.75) is 19.9 Å². The maximum Gasteiger partial charge on any atom is 0.261 e. The molecule has 0 bridgehead atoms. The number of rotatable bonds is 6. The molecule has 0 radical (unpaired) electrons. The molecule has 0 aliphatic heterocycles. The molecule has 0 aliphatic carbocycles. The van der Waals surface area contributed by atoms with Gasteiger partial charge in [-0.25, -0.2) is 4.98 Å². The van der Waals surface area contributed by atoms with E-state index in [1.54, 1.807) is 42.5 Å². The fourth-order valence-electron chi connectivity index (χ4n) is 3.13. The van der Waals surface area contributed by atoms with E-state index in [9.17, 15) is 9.59 Å². The topological polar surface area (TPSA) is 73.2 Å². The molecule has 0 spiro atoms. The molecule has 4 aromatic rings. The second-order valence-corrected chi connectivity index (χ2v) is 7.00. The minimum Gasteiger partial charge on any atom is -0.457 e. The molecule has 1 heterocycles. The monoisotopic (exact) mass is 399 g/mol. The van der Waals surface area contributed by atoms with Gasteiger partial charge >= 0.3 is 0 Å². The first kappa shape index (κ1) is 19.4. The minimum absolute atomic E-state index is 0.147. The molecule has 6 heteroatoms. The largest absolute Gasteiger partial charge is 0.457 e. The molecule has 0 saturated heterocycles. The lowest BCUT2D eigenvalue weighted by Gasteiger charge is -2.09. The van der Waals surface area contributed by atoms with Crippen molar-refractivity contribution in [2.75, 3.05) is 5.32 Å². The standard InChI is InChI=1S/C24H21N3O3/c1-17-5-4-6-20(15-17)30-19-11-9-18(10-12-19)26-23(28)13-14-27-16-25-22-8-3-2-7-21(22)24(27)29/h2-12,15-16H,13-14H2,1H3,(H,26,28). The van der Waals surface area contributed by atoms with E-state index in [4.69, 9.17) is 4.74 Å². The highest BCUT2D eigenvalue weighted by molar-refractivity contribution is 5.90. The number of ether oxygens (including phenoxy) is 1. The van der Waals surface area contributed by atoms with Crippen LogP contribution in [0, 0.1) is 6.92 Å². The molecule has 150 valence electrons. The van der Waals surface area contributed by atoms with Crippen LogP contribution < -0.4 is 15.6 Å². The van der Waals surface area contributed by atoms with Crippen LogP contribution in [-0.4, -0.2) is 15.5 Å². The molecule has 0 saturated carbocycles. The number of nitrogens with one attached hydrogen (secondary N) is 1. The molecular formula is C24H21N3O3. The van der Waals surface area contributed by atoms with Gasteiger partial charge in [0.05, 0.1) is 17.2 Å². The minimum atomic E-state index is -0.178. The Morgan fingerprint density at radius 1 is 1.00 bits per heavy atom. The van der Waals surface area contributed by atoms with Crippen LogP contribution in [0.3, 0.4) is 0 Å². The molecular weight excluding hydrogens is 378 g/mol. The van der Waals surface area contributed by atoms with E-state index >= 15 is 0 Å². The van der Waals surface area contributed by atoms with E-state index in [1.807, 2.05) is 37.3 Å². The number of anilines is 1. The van der Waals surface area contributed by atoms with Crippen molar-refractivity contribution in [1.29, 1.82) is 0 Å². The van der Waals surface area contributed by atoms with E-state index in [1.165, 1.54) is 10.9 Å². The Hall–Kier alpha value is -3.93. The number of benzene rings is 3. The van der Waals surface area contributed by atoms with Crippen LogP contribution in [0.25, 0.3) is 10.9 Å². The average molecular weight is 399 g/mol. The molecule has 1 N–H and O–H groups in total. The number of para-hydroxylation sites is 1. The molecule has 1 aromatic heterocycles. The van der Waals surface area contributed by atoms with Gasteiger partial charge in [-0.05, 0) is 61.0 Å². The van der Waals surface area contributed by atoms with Gasteiger partial charge in [0.1, 0.15) is 11.5 Å². The van der Waals surface area contributed by atoms with Crippen molar-refractivity contribution in [1.82, 2.24) is 9.55 Å². The number of carbonyl (C=O) groups is 1. The summed E-state index contributed by atoms with van der Waals surface area (Å²) in [7, 11) is 0. The number of hydrogen-bond acceptors (Lipinski definition) is 4. The Morgan fingerprint density at radius 3 is 2.60 bits per heavy atom. The summed E-state index contributed by atoms with van der Waals surface area (Å²) in [5.41, 5.74) is 2.29. The molecule has 0 aliphatic rings. The normalized spacial score (nSPS) is 10.7. The molecule has 30 heavy (non-hydrogen) atoms. The highest BCUT2D eigenvalue weighted by Crippen LogP contribution is 2.23. The first-order valence-corrected chi connectivity index (χ1v) is 9.67. The quantitative estimate of drug-likeness (QED) is 0.517. The summed E-state index contributed by atoms with van der Waals surface area (Å²) < 4.78 is 7.27. The molecule has 0 atom stereocenters. The first-order chi connectivity index (χ1) is 14.6. The Bertz CT molecular complexity index is 1250. The van der Waals surface area contributed by atoms with Gasteiger partial charge in [0.2, 0.25) is 5.91 Å². The molecule has 1 amide bonds. The van der Waals surface area contributed by atoms with Crippen molar-refractivity contribution < 1.29 is 9.53 Å². The molecule has 0 unspecified atom stereocenters. The van der Waals surface area contributed by atoms with Crippen LogP contribution in [0.5, 0.6) is 11.5 Å². The zero-order chi connectivity index (χ0) is 20.9. The number of carbonyl (C=O) groups excluding carboxylic acids is 1. The molecule has 4 rings (SSSR count). The van der Waals surface area contributed by atoms with E-state index < -0.39 is 0 Å². The lowest BCUT2D eigenvalue weighted by Crippen LogP contribution is -2.23. The maximum atomic E-state index is 12.5. The van der Waals surface area contributed by atoms with Gasteiger partial charge in [0.25, 0.3) is 5.56 Å². The number of hydrogen-bond donors (Lipinski definition) is 1. The predicted octanol–water partition coefficient (Wildman–Crippen LogP) is 4.53. The SMILES string of the molecule is Cc1cccc(Oc2ccc(NC(=O)CCn3cnc4ccccc4c3=O)cc2)c1. The fourth-order valence-corrected chi connectivity index (χ4v) is 3.13. The summed E-state index contributed by atoms with van der Waals surface area (Å²) in [4.78, 5) is 29.1. The second kappa shape index (κ2) is 8.61. The third kappa shape index (κ3) is 4.55. The summed E-state index contributed by atoms with van der Waals surface area (Å²) in [6.45, 7) is 2.27. The molecule has 0 fully saturated rings. The highest BCUT2D eigenvalue weighted by Gasteiger charge is 2.07. The Kier molecular flexibility index (Phi) is 5.57. The predicted molar refractivity (Wildman–Crippen MR) is 117 cm³/mol. The third-order valence-electron chi connectivity index (χ3n) is 4.67. The zero-order valence-electron chi connectivity index (χ0n) is 16.5. The number of fused-ring (bicyclic) bond motifs is 1.